The Kier molecular flexibility index (Phi) is 4.80. The van der Waals surface area contributed by atoms with E-state index in [0.29, 0.717) is 12.3 Å². The van der Waals surface area contributed by atoms with Crippen LogP contribution in [0.2, 0.25) is 0 Å². The Balaban J connectivity index is 1.76. The first kappa shape index (κ1) is 16.4. The number of aliphatic carboxylic acids is 1. The first-order chi connectivity index (χ1) is 11.6. The second-order valence-electron chi connectivity index (χ2n) is 5.55. The van der Waals surface area contributed by atoms with Crippen molar-refractivity contribution in [2.45, 2.75) is 25.8 Å². The summed E-state index contributed by atoms with van der Waals surface area (Å²) in [5, 5.41) is 11.4. The van der Waals surface area contributed by atoms with Crippen molar-refractivity contribution in [3.05, 3.63) is 35.3 Å². The number of rotatable bonds is 7. The van der Waals surface area contributed by atoms with Gasteiger partial charge in [-0.3, -0.25) is 9.59 Å². The van der Waals surface area contributed by atoms with E-state index in [-0.39, 0.29) is 18.5 Å². The van der Waals surface area contributed by atoms with E-state index in [4.69, 9.17) is 9.84 Å². The number of carbonyl (C=O) groups is 2. The number of hydrogen-bond donors (Lipinski definition) is 1. The van der Waals surface area contributed by atoms with E-state index in [1.54, 1.807) is 5.38 Å². The molecule has 1 fully saturated rings. The van der Waals surface area contributed by atoms with Gasteiger partial charge in [0.25, 0.3) is 5.91 Å². The van der Waals surface area contributed by atoms with Crippen molar-refractivity contribution in [2.75, 3.05) is 13.2 Å². The molecule has 3 rings (SSSR count). The third-order valence-electron chi connectivity index (χ3n) is 3.69. The number of carbonyl (C=O) groups excluding carboxylic acids is 1. The standard InChI is InChI=1S/C17H18N2O4S/c1-2-23-13-7-3-11(4-8-13)16-18-14(10-24-16)17(22)19(9-15(20)21)12-5-6-12/h3-4,7-8,10,12H,2,5-6,9H2,1H3,(H,20,21). The van der Waals surface area contributed by atoms with Gasteiger partial charge in [-0.05, 0) is 44.0 Å². The van der Waals surface area contributed by atoms with Gasteiger partial charge >= 0.3 is 5.97 Å². The molecule has 1 aliphatic carbocycles. The molecule has 126 valence electrons. The summed E-state index contributed by atoms with van der Waals surface area (Å²) < 4.78 is 5.41. The van der Waals surface area contributed by atoms with Crippen molar-refractivity contribution in [3.63, 3.8) is 0 Å². The van der Waals surface area contributed by atoms with E-state index in [9.17, 15) is 9.59 Å². The minimum absolute atomic E-state index is 0.0317. The molecule has 0 radical (unpaired) electrons. The highest BCUT2D eigenvalue weighted by Crippen LogP contribution is 2.30. The molecule has 1 N–H and O–H groups in total. The lowest BCUT2D eigenvalue weighted by molar-refractivity contribution is -0.137. The number of aromatic nitrogens is 1. The monoisotopic (exact) mass is 346 g/mol. The number of nitrogens with zero attached hydrogens (tertiary/aromatic N) is 2. The van der Waals surface area contributed by atoms with E-state index in [0.717, 1.165) is 29.2 Å². The van der Waals surface area contributed by atoms with Crippen LogP contribution in [0.25, 0.3) is 10.6 Å². The molecule has 0 atom stereocenters. The predicted octanol–water partition coefficient (Wildman–Crippen LogP) is 2.90. The lowest BCUT2D eigenvalue weighted by Crippen LogP contribution is -2.37. The van der Waals surface area contributed by atoms with Gasteiger partial charge in [0.15, 0.2) is 0 Å². The summed E-state index contributed by atoms with van der Waals surface area (Å²) in [6.07, 6.45) is 1.71. The van der Waals surface area contributed by atoms with Gasteiger partial charge in [0, 0.05) is 17.0 Å². The van der Waals surface area contributed by atoms with Gasteiger partial charge in [-0.15, -0.1) is 11.3 Å². The van der Waals surface area contributed by atoms with Crippen molar-refractivity contribution in [3.8, 4) is 16.3 Å². The second kappa shape index (κ2) is 7.00. The zero-order valence-electron chi connectivity index (χ0n) is 13.3. The van der Waals surface area contributed by atoms with Crippen molar-refractivity contribution in [2.24, 2.45) is 0 Å². The maximum Gasteiger partial charge on any atom is 0.323 e. The topological polar surface area (TPSA) is 79.7 Å². The zero-order valence-corrected chi connectivity index (χ0v) is 14.1. The fourth-order valence-corrected chi connectivity index (χ4v) is 3.21. The van der Waals surface area contributed by atoms with Crippen LogP contribution in [0.4, 0.5) is 0 Å². The summed E-state index contributed by atoms with van der Waals surface area (Å²) >= 11 is 1.37. The van der Waals surface area contributed by atoms with Gasteiger partial charge in [0.05, 0.1) is 6.61 Å². The molecular formula is C17H18N2O4S. The largest absolute Gasteiger partial charge is 0.494 e. The average Bonchev–Trinajstić information content (AvgIpc) is 3.29. The first-order valence-electron chi connectivity index (χ1n) is 7.80. The Morgan fingerprint density at radius 3 is 2.62 bits per heavy atom. The van der Waals surface area contributed by atoms with Crippen LogP contribution < -0.4 is 4.74 Å². The molecule has 1 saturated carbocycles. The van der Waals surface area contributed by atoms with E-state index in [1.807, 2.05) is 31.2 Å². The molecule has 1 amide bonds. The summed E-state index contributed by atoms with van der Waals surface area (Å²) in [6.45, 7) is 2.25. The van der Waals surface area contributed by atoms with Crippen LogP contribution in [0.15, 0.2) is 29.6 Å². The number of ether oxygens (including phenoxy) is 1. The molecule has 0 spiro atoms. The number of carboxylic acid groups (broad SMARTS) is 1. The second-order valence-corrected chi connectivity index (χ2v) is 6.41. The zero-order chi connectivity index (χ0) is 17.1. The van der Waals surface area contributed by atoms with Crippen LogP contribution in [0.1, 0.15) is 30.3 Å². The molecule has 2 aromatic rings. The van der Waals surface area contributed by atoms with Gasteiger partial charge in [-0.25, -0.2) is 4.98 Å². The van der Waals surface area contributed by atoms with Crippen LogP contribution in [0.3, 0.4) is 0 Å². The van der Waals surface area contributed by atoms with Crippen LogP contribution in [0.5, 0.6) is 5.75 Å². The van der Waals surface area contributed by atoms with E-state index in [1.165, 1.54) is 16.2 Å². The van der Waals surface area contributed by atoms with Crippen molar-refractivity contribution in [1.82, 2.24) is 9.88 Å². The van der Waals surface area contributed by atoms with Crippen LogP contribution in [-0.4, -0.2) is 46.1 Å². The number of hydrogen-bond acceptors (Lipinski definition) is 5. The molecule has 7 heteroatoms. The molecule has 1 heterocycles. The number of benzene rings is 1. The summed E-state index contributed by atoms with van der Waals surface area (Å²) in [7, 11) is 0. The molecular weight excluding hydrogens is 328 g/mol. The highest BCUT2D eigenvalue weighted by Gasteiger charge is 2.35. The Morgan fingerprint density at radius 1 is 1.33 bits per heavy atom. The number of amides is 1. The molecule has 6 nitrogen and oxygen atoms in total. The molecule has 0 bridgehead atoms. The van der Waals surface area contributed by atoms with Crippen LogP contribution >= 0.6 is 11.3 Å². The van der Waals surface area contributed by atoms with Gasteiger partial charge in [0.1, 0.15) is 23.0 Å². The molecule has 1 aliphatic rings. The number of carboxylic acids is 1. The van der Waals surface area contributed by atoms with Gasteiger partial charge in [-0.2, -0.15) is 0 Å². The number of thiazole rings is 1. The fraction of sp³-hybridized carbons (Fsp3) is 0.353. The quantitative estimate of drug-likeness (QED) is 0.834. The summed E-state index contributed by atoms with van der Waals surface area (Å²) in [4.78, 5) is 29.3. The minimum atomic E-state index is -1.00. The van der Waals surface area contributed by atoms with Gasteiger partial charge < -0.3 is 14.7 Å². The SMILES string of the molecule is CCOc1ccc(-c2nc(C(=O)N(CC(=O)O)C3CC3)cs2)cc1. The molecule has 0 saturated heterocycles. The third-order valence-corrected chi connectivity index (χ3v) is 4.58. The summed E-state index contributed by atoms with van der Waals surface area (Å²) in [6, 6.07) is 7.55. The maximum absolute atomic E-state index is 12.5. The molecule has 0 aliphatic heterocycles. The van der Waals surface area contributed by atoms with Crippen molar-refractivity contribution < 1.29 is 19.4 Å². The van der Waals surface area contributed by atoms with Gasteiger partial charge in [0.2, 0.25) is 0 Å². The molecule has 1 aromatic heterocycles. The Bertz CT molecular complexity index is 737. The van der Waals surface area contributed by atoms with Crippen LogP contribution in [0, 0.1) is 0 Å². The highest BCUT2D eigenvalue weighted by molar-refractivity contribution is 7.13. The predicted molar refractivity (Wildman–Crippen MR) is 90.4 cm³/mol. The lowest BCUT2D eigenvalue weighted by Gasteiger charge is -2.18. The Labute approximate surface area is 143 Å². The molecule has 24 heavy (non-hydrogen) atoms. The van der Waals surface area contributed by atoms with Gasteiger partial charge in [-0.1, -0.05) is 0 Å². The van der Waals surface area contributed by atoms with E-state index < -0.39 is 5.97 Å². The third kappa shape index (κ3) is 3.73. The Morgan fingerprint density at radius 2 is 2.04 bits per heavy atom. The van der Waals surface area contributed by atoms with E-state index >= 15 is 0 Å². The molecule has 0 unspecified atom stereocenters. The van der Waals surface area contributed by atoms with E-state index in [2.05, 4.69) is 4.98 Å². The summed E-state index contributed by atoms with van der Waals surface area (Å²) in [5.41, 5.74) is 1.20. The maximum atomic E-state index is 12.5. The molecule has 1 aromatic carbocycles. The Hall–Kier alpha value is -2.41. The lowest BCUT2D eigenvalue weighted by atomic mass is 10.2. The van der Waals surface area contributed by atoms with Crippen molar-refractivity contribution >= 4 is 23.2 Å². The highest BCUT2D eigenvalue weighted by atomic mass is 32.1. The first-order valence-corrected chi connectivity index (χ1v) is 8.68. The van der Waals surface area contributed by atoms with Crippen molar-refractivity contribution in [1.29, 1.82) is 0 Å². The average molecular weight is 346 g/mol. The minimum Gasteiger partial charge on any atom is -0.494 e. The van der Waals surface area contributed by atoms with Crippen LogP contribution in [-0.2, 0) is 4.79 Å². The fourth-order valence-electron chi connectivity index (χ4n) is 2.41. The smallest absolute Gasteiger partial charge is 0.323 e. The normalized spacial score (nSPS) is 13.5. The summed E-state index contributed by atoms with van der Waals surface area (Å²) in [5.74, 6) is -0.527.